The van der Waals surface area contributed by atoms with E-state index < -0.39 is 12.0 Å². The van der Waals surface area contributed by atoms with Gasteiger partial charge in [-0.1, -0.05) is 53.3 Å². The van der Waals surface area contributed by atoms with E-state index in [1.54, 1.807) is 43.7 Å². The molecule has 0 saturated carbocycles. The van der Waals surface area contributed by atoms with Crippen LogP contribution in [0.3, 0.4) is 0 Å². The molecule has 0 N–H and O–H groups in total. The number of thiazole rings is 1. The Balaban J connectivity index is 1.57. The quantitative estimate of drug-likeness (QED) is 0.233. The predicted molar refractivity (Wildman–Crippen MR) is 160 cm³/mol. The van der Waals surface area contributed by atoms with Crippen molar-refractivity contribution in [2.45, 2.75) is 19.9 Å². The first-order valence-electron chi connectivity index (χ1n) is 13.0. The molecule has 0 unspecified atom stereocenters. The van der Waals surface area contributed by atoms with E-state index in [0.29, 0.717) is 48.5 Å². The van der Waals surface area contributed by atoms with Gasteiger partial charge in [0.2, 0.25) is 0 Å². The summed E-state index contributed by atoms with van der Waals surface area (Å²) in [6.45, 7) is 3.70. The van der Waals surface area contributed by atoms with Gasteiger partial charge in [-0.15, -0.1) is 0 Å². The maximum absolute atomic E-state index is 14.1. The minimum atomic E-state index is -0.810. The molecule has 0 aliphatic carbocycles. The summed E-state index contributed by atoms with van der Waals surface area (Å²) in [5, 5.41) is 2.45. The van der Waals surface area contributed by atoms with Crippen LogP contribution in [0.15, 0.2) is 98.3 Å². The Hall–Kier alpha value is -4.40. The number of aromatic nitrogens is 1. The summed E-state index contributed by atoms with van der Waals surface area (Å²) in [6, 6.07) is 21.8. The maximum atomic E-state index is 14.1. The lowest BCUT2D eigenvalue weighted by molar-refractivity contribution is -0.139. The molecule has 1 aliphatic heterocycles. The van der Waals surface area contributed by atoms with Crippen molar-refractivity contribution in [3.63, 3.8) is 0 Å². The van der Waals surface area contributed by atoms with E-state index in [4.69, 9.17) is 25.5 Å². The molecule has 0 bridgehead atoms. The van der Waals surface area contributed by atoms with Crippen molar-refractivity contribution < 1.29 is 18.7 Å². The standard InChI is InChI=1S/C32H25ClN2O5S/c1-4-39-31(37)27-18(2)34-32-35(29(27)28-23-8-6-5-7-19(23)11-15-25(28)38-3)30(36)26(41-32)17-22-14-16-24(40-22)20-9-12-21(33)13-10-20/h5-17,29H,4H2,1-3H3/b26-17+/t29-/m1/s1. The van der Waals surface area contributed by atoms with E-state index in [1.165, 1.54) is 11.3 Å². The van der Waals surface area contributed by atoms with Crippen LogP contribution < -0.4 is 19.6 Å². The highest BCUT2D eigenvalue weighted by Crippen LogP contribution is 2.40. The topological polar surface area (TPSA) is 83.0 Å². The average Bonchev–Trinajstić information content (AvgIpc) is 3.56. The zero-order valence-corrected chi connectivity index (χ0v) is 24.1. The van der Waals surface area contributed by atoms with Crippen molar-refractivity contribution in [3.8, 4) is 17.1 Å². The Kier molecular flexibility index (Phi) is 7.11. The first-order valence-corrected chi connectivity index (χ1v) is 14.2. The highest BCUT2D eigenvalue weighted by molar-refractivity contribution is 7.07. The number of carbonyl (C=O) groups is 1. The number of benzene rings is 3. The van der Waals surface area contributed by atoms with Crippen molar-refractivity contribution in [2.24, 2.45) is 4.99 Å². The summed E-state index contributed by atoms with van der Waals surface area (Å²) in [4.78, 5) is 32.6. The van der Waals surface area contributed by atoms with Crippen molar-refractivity contribution in [2.75, 3.05) is 13.7 Å². The molecule has 0 spiro atoms. The van der Waals surface area contributed by atoms with Gasteiger partial charge in [-0.05, 0) is 67.1 Å². The summed E-state index contributed by atoms with van der Waals surface area (Å²) in [6.07, 6.45) is 1.70. The molecule has 1 aliphatic rings. The number of esters is 1. The molecule has 6 rings (SSSR count). The van der Waals surface area contributed by atoms with Gasteiger partial charge in [0, 0.05) is 22.2 Å². The first kappa shape index (κ1) is 26.8. The Labute approximate surface area is 244 Å². The second-order valence-electron chi connectivity index (χ2n) is 9.41. The van der Waals surface area contributed by atoms with Gasteiger partial charge in [0.15, 0.2) is 4.80 Å². The number of hydrogen-bond acceptors (Lipinski definition) is 7. The average molecular weight is 585 g/mol. The van der Waals surface area contributed by atoms with Crippen molar-refractivity contribution in [1.29, 1.82) is 0 Å². The van der Waals surface area contributed by atoms with Gasteiger partial charge in [-0.3, -0.25) is 9.36 Å². The Morgan fingerprint density at radius 2 is 1.88 bits per heavy atom. The fourth-order valence-electron chi connectivity index (χ4n) is 5.13. The molecule has 0 amide bonds. The van der Waals surface area contributed by atoms with Gasteiger partial charge < -0.3 is 13.9 Å². The van der Waals surface area contributed by atoms with E-state index in [9.17, 15) is 9.59 Å². The Morgan fingerprint density at radius 3 is 2.63 bits per heavy atom. The second kappa shape index (κ2) is 10.9. The molecule has 206 valence electrons. The van der Waals surface area contributed by atoms with Crippen LogP contribution in [0.1, 0.15) is 31.2 Å². The minimum absolute atomic E-state index is 0.188. The van der Waals surface area contributed by atoms with Crippen LogP contribution in [0.2, 0.25) is 5.02 Å². The van der Waals surface area contributed by atoms with Gasteiger partial charge in [-0.25, -0.2) is 9.79 Å². The van der Waals surface area contributed by atoms with Crippen LogP contribution >= 0.6 is 22.9 Å². The van der Waals surface area contributed by atoms with E-state index >= 15 is 0 Å². The van der Waals surface area contributed by atoms with Gasteiger partial charge in [-0.2, -0.15) is 0 Å². The molecule has 3 aromatic carbocycles. The van der Waals surface area contributed by atoms with E-state index in [2.05, 4.69) is 4.99 Å². The summed E-state index contributed by atoms with van der Waals surface area (Å²) >= 11 is 7.26. The van der Waals surface area contributed by atoms with Crippen LogP contribution in [-0.2, 0) is 9.53 Å². The van der Waals surface area contributed by atoms with Gasteiger partial charge in [0.25, 0.3) is 5.56 Å². The molecule has 0 saturated heterocycles. The number of halogens is 1. The smallest absolute Gasteiger partial charge is 0.338 e. The number of carbonyl (C=O) groups excluding carboxylic acids is 1. The SMILES string of the molecule is CCOC(=O)C1=C(C)N=c2s/c(=C/c3ccc(-c4ccc(Cl)cc4)o3)c(=O)n2[C@H]1c1c(OC)ccc2ccccc12. The lowest BCUT2D eigenvalue weighted by Gasteiger charge is -2.27. The summed E-state index contributed by atoms with van der Waals surface area (Å²) in [7, 11) is 1.58. The maximum Gasteiger partial charge on any atom is 0.338 e. The number of rotatable bonds is 6. The summed E-state index contributed by atoms with van der Waals surface area (Å²) in [5.41, 5.74) is 2.04. The number of fused-ring (bicyclic) bond motifs is 2. The van der Waals surface area contributed by atoms with Gasteiger partial charge in [0.05, 0.1) is 29.5 Å². The molecule has 1 atom stereocenters. The van der Waals surface area contributed by atoms with Gasteiger partial charge in [0.1, 0.15) is 23.3 Å². The number of ether oxygens (including phenoxy) is 2. The molecule has 9 heteroatoms. The normalized spacial score (nSPS) is 15.1. The third-order valence-electron chi connectivity index (χ3n) is 6.97. The van der Waals surface area contributed by atoms with E-state index in [0.717, 1.165) is 16.3 Å². The van der Waals surface area contributed by atoms with E-state index in [1.807, 2.05) is 60.7 Å². The van der Waals surface area contributed by atoms with Crippen molar-refractivity contribution in [3.05, 3.63) is 120 Å². The number of nitrogens with zero attached hydrogens (tertiary/aromatic N) is 2. The molecule has 2 aromatic heterocycles. The first-order chi connectivity index (χ1) is 19.9. The number of hydrogen-bond donors (Lipinski definition) is 0. The lowest BCUT2D eigenvalue weighted by Crippen LogP contribution is -2.40. The highest BCUT2D eigenvalue weighted by atomic mass is 35.5. The van der Waals surface area contributed by atoms with Crippen LogP contribution in [0.25, 0.3) is 28.2 Å². The highest BCUT2D eigenvalue weighted by Gasteiger charge is 2.36. The Morgan fingerprint density at radius 1 is 1.10 bits per heavy atom. The predicted octanol–water partition coefficient (Wildman–Crippen LogP) is 5.87. The molecule has 7 nitrogen and oxygen atoms in total. The van der Waals surface area contributed by atoms with Crippen LogP contribution in [0.5, 0.6) is 5.75 Å². The lowest BCUT2D eigenvalue weighted by atomic mass is 9.90. The summed E-state index contributed by atoms with van der Waals surface area (Å²) in [5.74, 6) is 1.19. The molecule has 41 heavy (non-hydrogen) atoms. The molecular formula is C32H25ClN2O5S. The third kappa shape index (κ3) is 4.79. The molecule has 3 heterocycles. The zero-order valence-electron chi connectivity index (χ0n) is 22.5. The molecule has 0 radical (unpaired) electrons. The van der Waals surface area contributed by atoms with Crippen molar-refractivity contribution >= 4 is 45.8 Å². The van der Waals surface area contributed by atoms with Crippen LogP contribution in [0, 0.1) is 0 Å². The monoisotopic (exact) mass is 584 g/mol. The minimum Gasteiger partial charge on any atom is -0.496 e. The summed E-state index contributed by atoms with van der Waals surface area (Å²) < 4.78 is 19.3. The fourth-order valence-corrected chi connectivity index (χ4v) is 6.28. The Bertz CT molecular complexity index is 2020. The largest absolute Gasteiger partial charge is 0.496 e. The number of methoxy groups -OCH3 is 1. The molecule has 5 aromatic rings. The number of allylic oxidation sites excluding steroid dienone is 1. The van der Waals surface area contributed by atoms with Crippen LogP contribution in [0.4, 0.5) is 0 Å². The second-order valence-corrected chi connectivity index (χ2v) is 10.9. The number of furan rings is 1. The van der Waals surface area contributed by atoms with Crippen LogP contribution in [-0.4, -0.2) is 24.3 Å². The third-order valence-corrected chi connectivity index (χ3v) is 8.20. The van der Waals surface area contributed by atoms with Crippen molar-refractivity contribution in [1.82, 2.24) is 4.57 Å². The zero-order chi connectivity index (χ0) is 28.7. The van der Waals surface area contributed by atoms with Gasteiger partial charge >= 0.3 is 5.97 Å². The molecular weight excluding hydrogens is 560 g/mol. The van der Waals surface area contributed by atoms with E-state index in [-0.39, 0.29) is 12.2 Å². The fraction of sp³-hybridized carbons (Fsp3) is 0.156. The molecule has 0 fully saturated rings.